The van der Waals surface area contributed by atoms with E-state index in [1.54, 1.807) is 19.2 Å². The Labute approximate surface area is 307 Å². The number of benzene rings is 2. The molecule has 11 nitrogen and oxygen atoms in total. The van der Waals surface area contributed by atoms with E-state index in [0.29, 0.717) is 60.9 Å². The van der Waals surface area contributed by atoms with E-state index in [-0.39, 0.29) is 24.3 Å². The highest BCUT2D eigenvalue weighted by Gasteiger charge is 2.19. The number of amides is 3. The summed E-state index contributed by atoms with van der Waals surface area (Å²) in [5.74, 6) is -0.678. The number of piperazine rings is 1. The molecule has 1 aliphatic heterocycles. The Bertz CT molecular complexity index is 1650. The molecule has 0 bridgehead atoms. The third-order valence-corrected chi connectivity index (χ3v) is 9.99. The highest BCUT2D eigenvalue weighted by molar-refractivity contribution is 7.20. The number of hydrogen-bond donors (Lipinski definition) is 2. The van der Waals surface area contributed by atoms with Crippen LogP contribution in [0.2, 0.25) is 10.0 Å². The van der Waals surface area contributed by atoms with Crippen LogP contribution in [0.3, 0.4) is 0 Å². The molecule has 3 aromatic rings. The number of rotatable bonds is 19. The number of thiophene rings is 1. The lowest BCUT2D eigenvalue weighted by molar-refractivity contribution is -0.131. The maximum Gasteiger partial charge on any atom is 0.261 e. The SMILES string of the molecule is CN(CC(=O)NCCOCCOCCC#N)C(=O)/C=C/c1ccc2sc(C(=O)NCCCCN3CCN(c4cccc(Cl)c4Cl)CC3)cc2c1. The monoisotopic (exact) mass is 742 g/mol. The second-order valence-electron chi connectivity index (χ2n) is 11.8. The Balaban J connectivity index is 1.11. The summed E-state index contributed by atoms with van der Waals surface area (Å²) in [6.07, 6.45) is 5.36. The minimum absolute atomic E-state index is 0.0833. The van der Waals surface area contributed by atoms with Gasteiger partial charge >= 0.3 is 0 Å². The first-order chi connectivity index (χ1) is 24.2. The van der Waals surface area contributed by atoms with Gasteiger partial charge in [0.05, 0.1) is 66.1 Å². The standard InChI is InChI=1S/C36H44Cl2N6O5S/c1-42(26-33(45)40-14-21-49-23-22-48-20-5-12-39)34(46)11-9-27-8-10-31-28(24-27)25-32(50-31)36(47)41-13-2-3-15-43-16-18-44(19-17-43)30-7-4-6-29(37)35(30)38/h4,6-11,24-25H,2-3,5,13-23,26H2,1H3,(H,40,45)(H,41,47)/b11-9+. The van der Waals surface area contributed by atoms with Crippen LogP contribution in [-0.4, -0.2) is 113 Å². The van der Waals surface area contributed by atoms with Crippen molar-refractivity contribution in [2.24, 2.45) is 0 Å². The van der Waals surface area contributed by atoms with Crippen LogP contribution in [0.5, 0.6) is 0 Å². The molecule has 14 heteroatoms. The van der Waals surface area contributed by atoms with Gasteiger partial charge in [-0.05, 0) is 66.7 Å². The lowest BCUT2D eigenvalue weighted by Gasteiger charge is -2.36. The van der Waals surface area contributed by atoms with Crippen molar-refractivity contribution in [2.75, 3.05) is 90.7 Å². The lowest BCUT2D eigenvalue weighted by atomic mass is 10.1. The Morgan fingerprint density at radius 2 is 1.76 bits per heavy atom. The summed E-state index contributed by atoms with van der Waals surface area (Å²) in [7, 11) is 1.56. The minimum Gasteiger partial charge on any atom is -0.378 e. The Morgan fingerprint density at radius 1 is 0.980 bits per heavy atom. The molecule has 2 aromatic carbocycles. The van der Waals surface area contributed by atoms with Gasteiger partial charge in [-0.15, -0.1) is 11.3 Å². The molecule has 0 unspecified atom stereocenters. The van der Waals surface area contributed by atoms with Crippen LogP contribution in [0.4, 0.5) is 5.69 Å². The minimum atomic E-state index is -0.305. The van der Waals surface area contributed by atoms with E-state index in [1.807, 2.05) is 42.5 Å². The fourth-order valence-corrected chi connectivity index (χ4v) is 6.70. The van der Waals surface area contributed by atoms with Crippen LogP contribution in [0, 0.1) is 11.3 Å². The number of nitrogens with one attached hydrogen (secondary N) is 2. The zero-order valence-electron chi connectivity index (χ0n) is 28.3. The fourth-order valence-electron chi connectivity index (χ4n) is 5.32. The van der Waals surface area contributed by atoms with Crippen molar-refractivity contribution in [1.82, 2.24) is 20.4 Å². The largest absolute Gasteiger partial charge is 0.378 e. The lowest BCUT2D eigenvalue weighted by Crippen LogP contribution is -2.46. The topological polar surface area (TPSA) is 127 Å². The molecule has 1 aromatic heterocycles. The molecule has 268 valence electrons. The van der Waals surface area contributed by atoms with Crippen LogP contribution in [0.15, 0.2) is 48.5 Å². The van der Waals surface area contributed by atoms with Crippen molar-refractivity contribution < 1.29 is 23.9 Å². The number of anilines is 1. The summed E-state index contributed by atoms with van der Waals surface area (Å²) in [6.45, 7) is 6.99. The van der Waals surface area contributed by atoms with Crippen LogP contribution in [0.1, 0.15) is 34.5 Å². The van der Waals surface area contributed by atoms with Gasteiger partial charge < -0.3 is 29.9 Å². The van der Waals surface area contributed by atoms with Gasteiger partial charge in [0.25, 0.3) is 5.91 Å². The van der Waals surface area contributed by atoms with E-state index in [4.69, 9.17) is 37.9 Å². The molecule has 1 fully saturated rings. The van der Waals surface area contributed by atoms with E-state index in [9.17, 15) is 14.4 Å². The molecule has 1 aliphatic rings. The molecule has 50 heavy (non-hydrogen) atoms. The molecular formula is C36H44Cl2N6O5S. The number of nitrogens with zero attached hydrogens (tertiary/aromatic N) is 4. The van der Waals surface area contributed by atoms with E-state index in [1.165, 1.54) is 22.3 Å². The van der Waals surface area contributed by atoms with Crippen molar-refractivity contribution >= 4 is 74.1 Å². The summed E-state index contributed by atoms with van der Waals surface area (Å²) in [5.41, 5.74) is 1.80. The van der Waals surface area contributed by atoms with Gasteiger partial charge in [0.1, 0.15) is 0 Å². The first kappa shape index (κ1) is 39.1. The average molecular weight is 744 g/mol. The second kappa shape index (κ2) is 20.8. The number of carbonyl (C=O) groups is 3. The molecule has 1 saturated heterocycles. The van der Waals surface area contributed by atoms with Crippen LogP contribution >= 0.6 is 34.5 Å². The summed E-state index contributed by atoms with van der Waals surface area (Å²) in [4.78, 5) is 44.4. The predicted molar refractivity (Wildman–Crippen MR) is 200 cm³/mol. The highest BCUT2D eigenvalue weighted by atomic mass is 35.5. The van der Waals surface area contributed by atoms with Gasteiger partial charge in [0.2, 0.25) is 11.8 Å². The smallest absolute Gasteiger partial charge is 0.261 e. The highest BCUT2D eigenvalue weighted by Crippen LogP contribution is 2.33. The second-order valence-corrected chi connectivity index (χ2v) is 13.7. The first-order valence-electron chi connectivity index (χ1n) is 16.7. The Morgan fingerprint density at radius 3 is 2.54 bits per heavy atom. The van der Waals surface area contributed by atoms with E-state index >= 15 is 0 Å². The molecule has 0 saturated carbocycles. The molecule has 3 amide bonds. The number of fused-ring (bicyclic) bond motifs is 1. The van der Waals surface area contributed by atoms with Crippen molar-refractivity contribution in [1.29, 1.82) is 5.26 Å². The third-order valence-electron chi connectivity index (χ3n) is 8.07. The van der Waals surface area contributed by atoms with E-state index < -0.39 is 0 Å². The van der Waals surface area contributed by atoms with Gasteiger partial charge in [-0.2, -0.15) is 5.26 Å². The van der Waals surface area contributed by atoms with Crippen molar-refractivity contribution in [2.45, 2.75) is 19.3 Å². The predicted octanol–water partition coefficient (Wildman–Crippen LogP) is 5.07. The van der Waals surface area contributed by atoms with Crippen LogP contribution < -0.4 is 15.5 Å². The normalized spacial score (nSPS) is 13.4. The molecular weight excluding hydrogens is 699 g/mol. The molecule has 4 rings (SSSR count). The fraction of sp³-hybridized carbons (Fsp3) is 0.444. The number of nitriles is 1. The summed E-state index contributed by atoms with van der Waals surface area (Å²) >= 11 is 14.0. The van der Waals surface area contributed by atoms with E-state index in [0.717, 1.165) is 66.9 Å². The molecule has 0 aliphatic carbocycles. The summed E-state index contributed by atoms with van der Waals surface area (Å²) < 4.78 is 11.6. The van der Waals surface area contributed by atoms with Gasteiger partial charge in [0.15, 0.2) is 0 Å². The maximum absolute atomic E-state index is 12.9. The van der Waals surface area contributed by atoms with Crippen LogP contribution in [-0.2, 0) is 19.1 Å². The van der Waals surface area contributed by atoms with Crippen molar-refractivity contribution in [3.8, 4) is 6.07 Å². The summed E-state index contributed by atoms with van der Waals surface area (Å²) in [5, 5.41) is 16.3. The Hall–Kier alpha value is -3.70. The average Bonchev–Trinajstić information content (AvgIpc) is 3.55. The summed E-state index contributed by atoms with van der Waals surface area (Å²) in [6, 6.07) is 15.4. The molecule has 2 N–H and O–H groups in total. The third kappa shape index (κ3) is 12.6. The Kier molecular flexibility index (Phi) is 16.3. The molecule has 0 radical (unpaired) electrons. The first-order valence-corrected chi connectivity index (χ1v) is 18.3. The number of hydrogen-bond acceptors (Lipinski definition) is 9. The molecule has 0 atom stereocenters. The van der Waals surface area contributed by atoms with Crippen molar-refractivity contribution in [3.63, 3.8) is 0 Å². The number of unbranched alkanes of at least 4 members (excludes halogenated alkanes) is 1. The number of carbonyl (C=O) groups excluding carboxylic acids is 3. The van der Waals surface area contributed by atoms with E-state index in [2.05, 4.69) is 20.4 Å². The van der Waals surface area contributed by atoms with Gasteiger partial charge in [-0.3, -0.25) is 19.3 Å². The van der Waals surface area contributed by atoms with Gasteiger partial charge in [-0.25, -0.2) is 0 Å². The van der Waals surface area contributed by atoms with Crippen LogP contribution in [0.25, 0.3) is 16.2 Å². The van der Waals surface area contributed by atoms with Gasteiger partial charge in [0, 0.05) is 57.1 Å². The van der Waals surface area contributed by atoms with Crippen molar-refractivity contribution in [3.05, 3.63) is 69.0 Å². The zero-order chi connectivity index (χ0) is 35.7. The number of halogens is 2. The number of ether oxygens (including phenoxy) is 2. The number of likely N-dealkylation sites (N-methyl/N-ethyl adjacent to an activating group) is 1. The quantitative estimate of drug-likeness (QED) is 0.129. The zero-order valence-corrected chi connectivity index (χ0v) is 30.6. The maximum atomic E-state index is 12.9. The molecule has 2 heterocycles. The molecule has 0 spiro atoms. The van der Waals surface area contributed by atoms with Gasteiger partial charge in [-0.1, -0.05) is 35.3 Å².